The Morgan fingerprint density at radius 1 is 0.745 bits per heavy atom. The van der Waals surface area contributed by atoms with Crippen LogP contribution < -0.4 is 27.0 Å². The zero-order valence-electron chi connectivity index (χ0n) is 26.7. The number of fused-ring (bicyclic) bond motifs is 1. The van der Waals surface area contributed by atoms with Crippen molar-refractivity contribution < 1.29 is 24.0 Å². The molecule has 13 heteroatoms. The molecule has 0 aliphatic carbocycles. The highest BCUT2D eigenvalue weighted by Crippen LogP contribution is 2.19. The highest BCUT2D eigenvalue weighted by atomic mass is 16.2. The predicted octanol–water partition coefficient (Wildman–Crippen LogP) is 1.41. The average molecular weight is 643 g/mol. The summed E-state index contributed by atoms with van der Waals surface area (Å²) in [7, 11) is 0. The number of aromatic amines is 2. The van der Waals surface area contributed by atoms with Crippen LogP contribution in [0.3, 0.4) is 0 Å². The first-order valence-electron chi connectivity index (χ1n) is 15.5. The van der Waals surface area contributed by atoms with Crippen molar-refractivity contribution in [3.8, 4) is 0 Å². The van der Waals surface area contributed by atoms with Crippen molar-refractivity contribution in [2.75, 3.05) is 0 Å². The van der Waals surface area contributed by atoms with Gasteiger partial charge in [-0.3, -0.25) is 24.0 Å². The fraction of sp³-hybridized carbons (Fsp3) is 0.353. The lowest BCUT2D eigenvalue weighted by molar-refractivity contribution is -0.134. The number of aromatic nitrogens is 3. The summed E-state index contributed by atoms with van der Waals surface area (Å²) in [5, 5.41) is 11.9. The molecule has 4 rings (SSSR count). The molecule has 0 aliphatic rings. The first-order chi connectivity index (χ1) is 22.5. The SMILES string of the molecule is CC(=O)N[C@@H](Cc1cnc[nH]1)C(=O)N[C@H](Cc1ccccc1)C(=O)N[C@@H](CC(C)C)C(=O)N[C@@H](Cc1c[nH]c2ccccc12)C(N)=O. The van der Waals surface area contributed by atoms with Gasteiger partial charge in [0.1, 0.15) is 24.2 Å². The Kier molecular flexibility index (Phi) is 11.9. The van der Waals surface area contributed by atoms with Crippen LogP contribution in [0, 0.1) is 5.92 Å². The van der Waals surface area contributed by atoms with Crippen LogP contribution in [-0.2, 0) is 43.2 Å². The van der Waals surface area contributed by atoms with Crippen molar-refractivity contribution in [3.63, 3.8) is 0 Å². The maximum absolute atomic E-state index is 13.9. The van der Waals surface area contributed by atoms with Crippen LogP contribution in [0.15, 0.2) is 73.3 Å². The summed E-state index contributed by atoms with van der Waals surface area (Å²) in [6.45, 7) is 5.11. The van der Waals surface area contributed by atoms with E-state index in [9.17, 15) is 24.0 Å². The first kappa shape index (κ1) is 34.4. The summed E-state index contributed by atoms with van der Waals surface area (Å²) in [6.07, 6.45) is 5.44. The van der Waals surface area contributed by atoms with Gasteiger partial charge in [-0.05, 0) is 29.5 Å². The number of carbonyl (C=O) groups excluding carboxylic acids is 5. The number of benzene rings is 2. The van der Waals surface area contributed by atoms with Gasteiger partial charge in [-0.25, -0.2) is 4.98 Å². The maximum atomic E-state index is 13.9. The van der Waals surface area contributed by atoms with E-state index in [2.05, 4.69) is 36.2 Å². The van der Waals surface area contributed by atoms with Gasteiger partial charge in [0.05, 0.1) is 6.33 Å². The number of nitrogens with zero attached hydrogens (tertiary/aromatic N) is 1. The minimum atomic E-state index is -1.09. The summed E-state index contributed by atoms with van der Waals surface area (Å²) in [5.41, 5.74) is 8.80. The molecular weight excluding hydrogens is 600 g/mol. The molecule has 0 fully saturated rings. The fourth-order valence-electron chi connectivity index (χ4n) is 5.39. The molecule has 13 nitrogen and oxygen atoms in total. The summed E-state index contributed by atoms with van der Waals surface area (Å²) in [4.78, 5) is 75.5. The van der Waals surface area contributed by atoms with Crippen molar-refractivity contribution >= 4 is 40.4 Å². The molecule has 47 heavy (non-hydrogen) atoms. The zero-order chi connectivity index (χ0) is 33.9. The van der Waals surface area contributed by atoms with Crippen LogP contribution >= 0.6 is 0 Å². The molecule has 0 bridgehead atoms. The van der Waals surface area contributed by atoms with E-state index in [1.54, 1.807) is 12.4 Å². The van der Waals surface area contributed by atoms with Gasteiger partial charge in [0.2, 0.25) is 29.5 Å². The van der Waals surface area contributed by atoms with E-state index in [1.807, 2.05) is 68.4 Å². The normalized spacial score (nSPS) is 13.7. The third-order valence-electron chi connectivity index (χ3n) is 7.69. The molecule has 2 heterocycles. The molecule has 2 aromatic heterocycles. The van der Waals surface area contributed by atoms with Crippen LogP contribution in [0.25, 0.3) is 10.9 Å². The first-order valence-corrected chi connectivity index (χ1v) is 15.5. The van der Waals surface area contributed by atoms with Crippen LogP contribution in [0.4, 0.5) is 0 Å². The molecule has 248 valence electrons. The summed E-state index contributed by atoms with van der Waals surface area (Å²) in [5.74, 6) is -2.89. The minimum Gasteiger partial charge on any atom is -0.368 e. The van der Waals surface area contributed by atoms with Gasteiger partial charge in [0.15, 0.2) is 0 Å². The highest BCUT2D eigenvalue weighted by molar-refractivity contribution is 5.95. The second kappa shape index (κ2) is 16.2. The lowest BCUT2D eigenvalue weighted by atomic mass is 9.99. The molecule has 2 aromatic carbocycles. The van der Waals surface area contributed by atoms with E-state index < -0.39 is 53.7 Å². The molecule has 0 aliphatic heterocycles. The third-order valence-corrected chi connectivity index (χ3v) is 7.69. The Hall–Kier alpha value is -5.46. The van der Waals surface area contributed by atoms with Gasteiger partial charge in [0, 0.05) is 55.2 Å². The second-order valence-corrected chi connectivity index (χ2v) is 12.0. The van der Waals surface area contributed by atoms with Gasteiger partial charge in [0.25, 0.3) is 0 Å². The lowest BCUT2D eigenvalue weighted by Crippen LogP contribution is -2.59. The van der Waals surface area contributed by atoms with Gasteiger partial charge < -0.3 is 37.0 Å². The number of para-hydroxylation sites is 1. The Bertz CT molecular complexity index is 1670. The van der Waals surface area contributed by atoms with Crippen LogP contribution in [-0.4, -0.2) is 68.7 Å². The Morgan fingerprint density at radius 2 is 1.36 bits per heavy atom. The Balaban J connectivity index is 1.52. The smallest absolute Gasteiger partial charge is 0.243 e. The van der Waals surface area contributed by atoms with Gasteiger partial charge in [-0.2, -0.15) is 0 Å². The molecule has 4 aromatic rings. The van der Waals surface area contributed by atoms with Gasteiger partial charge >= 0.3 is 0 Å². The van der Waals surface area contributed by atoms with E-state index >= 15 is 0 Å². The monoisotopic (exact) mass is 642 g/mol. The molecule has 4 atom stereocenters. The maximum Gasteiger partial charge on any atom is 0.243 e. The molecule has 0 spiro atoms. The zero-order valence-corrected chi connectivity index (χ0v) is 26.7. The molecule has 8 N–H and O–H groups in total. The van der Waals surface area contributed by atoms with Crippen molar-refractivity contribution in [1.29, 1.82) is 0 Å². The molecular formula is C34H42N8O5. The molecule has 0 saturated carbocycles. The number of amides is 5. The van der Waals surface area contributed by atoms with E-state index in [0.717, 1.165) is 22.0 Å². The lowest BCUT2D eigenvalue weighted by Gasteiger charge is -2.27. The van der Waals surface area contributed by atoms with Crippen LogP contribution in [0.5, 0.6) is 0 Å². The largest absolute Gasteiger partial charge is 0.368 e. The number of rotatable bonds is 16. The van der Waals surface area contributed by atoms with Crippen molar-refractivity contribution in [3.05, 3.63) is 90.1 Å². The summed E-state index contributed by atoms with van der Waals surface area (Å²) < 4.78 is 0. The van der Waals surface area contributed by atoms with Gasteiger partial charge in [-0.1, -0.05) is 62.4 Å². The van der Waals surface area contributed by atoms with Crippen LogP contribution in [0.1, 0.15) is 44.0 Å². The van der Waals surface area contributed by atoms with Crippen molar-refractivity contribution in [2.24, 2.45) is 11.7 Å². The molecule has 0 saturated heterocycles. The number of hydrogen-bond donors (Lipinski definition) is 7. The number of carbonyl (C=O) groups is 5. The number of nitrogens with one attached hydrogen (secondary N) is 6. The molecule has 5 amide bonds. The summed E-state index contributed by atoms with van der Waals surface area (Å²) >= 11 is 0. The minimum absolute atomic E-state index is 0.00703. The highest BCUT2D eigenvalue weighted by Gasteiger charge is 2.32. The number of hydrogen-bond acceptors (Lipinski definition) is 6. The number of nitrogens with two attached hydrogens (primary N) is 1. The number of imidazole rings is 1. The standard InChI is InChI=1S/C34H42N8O5/c1-20(2)13-28(32(45)40-27(31(35)44)15-23-17-37-26-12-8-7-11-25(23)26)41-33(46)29(14-22-9-5-4-6-10-22)42-34(47)30(39-21(3)43)16-24-18-36-19-38-24/h4-12,17-20,27-30,37H,13-16H2,1-3H3,(H2,35,44)(H,36,38)(H,39,43)(H,40,45)(H,41,46)(H,42,47)/t27-,28-,29+,30-/m0/s1. The molecule has 0 radical (unpaired) electrons. The van der Waals surface area contributed by atoms with Gasteiger partial charge in [-0.15, -0.1) is 0 Å². The van der Waals surface area contributed by atoms with Crippen LogP contribution in [0.2, 0.25) is 0 Å². The summed E-state index contributed by atoms with van der Waals surface area (Å²) in [6, 6.07) is 12.6. The third kappa shape index (κ3) is 10.0. The van der Waals surface area contributed by atoms with E-state index in [0.29, 0.717) is 5.69 Å². The fourth-order valence-corrected chi connectivity index (χ4v) is 5.39. The van der Waals surface area contributed by atoms with E-state index in [-0.39, 0.29) is 31.6 Å². The van der Waals surface area contributed by atoms with Crippen molar-refractivity contribution in [2.45, 2.75) is 70.6 Å². The second-order valence-electron chi connectivity index (χ2n) is 12.0. The van der Waals surface area contributed by atoms with E-state index in [4.69, 9.17) is 5.73 Å². The topological polar surface area (TPSA) is 204 Å². The average Bonchev–Trinajstić information content (AvgIpc) is 3.70. The number of primary amides is 1. The Morgan fingerprint density at radius 3 is 2.00 bits per heavy atom. The Labute approximate surface area is 272 Å². The number of H-pyrrole nitrogens is 2. The predicted molar refractivity (Wildman–Crippen MR) is 176 cm³/mol. The molecule has 0 unspecified atom stereocenters. The quantitative estimate of drug-likeness (QED) is 0.0962. The van der Waals surface area contributed by atoms with E-state index in [1.165, 1.54) is 13.3 Å². The van der Waals surface area contributed by atoms with Crippen molar-refractivity contribution in [1.82, 2.24) is 36.2 Å².